The van der Waals surface area contributed by atoms with Crippen molar-refractivity contribution in [3.63, 3.8) is 0 Å². The molecule has 1 amide bonds. The van der Waals surface area contributed by atoms with E-state index in [4.69, 9.17) is 0 Å². The van der Waals surface area contributed by atoms with Crippen molar-refractivity contribution in [3.05, 3.63) is 23.5 Å². The molecule has 3 heterocycles. The molecule has 1 atom stereocenters. The molecule has 3 rings (SSSR count). The van der Waals surface area contributed by atoms with E-state index < -0.39 is 11.4 Å². The van der Waals surface area contributed by atoms with Crippen LogP contribution in [0.25, 0.3) is 11.0 Å². The van der Waals surface area contributed by atoms with Crippen LogP contribution in [-0.2, 0) is 11.3 Å². The van der Waals surface area contributed by atoms with Gasteiger partial charge in [-0.2, -0.15) is 5.10 Å². The van der Waals surface area contributed by atoms with Crippen molar-refractivity contribution in [1.29, 1.82) is 0 Å². The van der Waals surface area contributed by atoms with Crippen LogP contribution in [0.5, 0.6) is 0 Å². The second-order valence-electron chi connectivity index (χ2n) is 6.34. The van der Waals surface area contributed by atoms with E-state index in [9.17, 15) is 14.7 Å². The normalized spacial score (nSPS) is 21.1. The van der Waals surface area contributed by atoms with Crippen LogP contribution in [0.4, 0.5) is 0 Å². The van der Waals surface area contributed by atoms with E-state index >= 15 is 0 Å². The van der Waals surface area contributed by atoms with Crippen LogP contribution in [0.15, 0.2) is 12.3 Å². The predicted octanol–water partition coefficient (Wildman–Crippen LogP) is 1.70. The maximum absolute atomic E-state index is 12.8. The van der Waals surface area contributed by atoms with Crippen molar-refractivity contribution in [2.75, 3.05) is 13.1 Å². The number of aliphatic carboxylic acids is 1. The van der Waals surface area contributed by atoms with Gasteiger partial charge in [0, 0.05) is 25.0 Å². The third-order valence-corrected chi connectivity index (χ3v) is 4.61. The zero-order chi connectivity index (χ0) is 16.8. The van der Waals surface area contributed by atoms with Crippen LogP contribution < -0.4 is 0 Å². The summed E-state index contributed by atoms with van der Waals surface area (Å²) in [6.45, 7) is 6.86. The molecule has 1 saturated heterocycles. The Morgan fingerprint density at radius 1 is 1.43 bits per heavy atom. The van der Waals surface area contributed by atoms with Crippen LogP contribution in [0.1, 0.15) is 36.3 Å². The Balaban J connectivity index is 1.93. The Morgan fingerprint density at radius 3 is 2.78 bits per heavy atom. The molecule has 2 aromatic rings. The highest BCUT2D eigenvalue weighted by molar-refractivity contribution is 5.98. The van der Waals surface area contributed by atoms with Crippen molar-refractivity contribution in [1.82, 2.24) is 19.7 Å². The van der Waals surface area contributed by atoms with E-state index in [1.54, 1.807) is 35.7 Å². The van der Waals surface area contributed by atoms with Crippen LogP contribution in [0.3, 0.4) is 0 Å². The lowest BCUT2D eigenvalue weighted by Gasteiger charge is -2.20. The standard InChI is InChI=1S/C16H20N4O3/c1-4-20-13-11(8-17-20)7-12(10(2)18-13)14(21)19-6-5-16(3,9-19)15(22)23/h7-8H,4-6,9H2,1-3H3,(H,22,23). The Bertz CT molecular complexity index is 798. The topological polar surface area (TPSA) is 88.3 Å². The Kier molecular flexibility index (Phi) is 3.58. The van der Waals surface area contributed by atoms with Crippen molar-refractivity contribution >= 4 is 22.9 Å². The van der Waals surface area contributed by atoms with E-state index in [-0.39, 0.29) is 12.5 Å². The number of nitrogens with zero attached hydrogens (tertiary/aromatic N) is 4. The molecule has 1 N–H and O–H groups in total. The first-order valence-corrected chi connectivity index (χ1v) is 7.71. The van der Waals surface area contributed by atoms with Gasteiger partial charge in [0.25, 0.3) is 5.91 Å². The Hall–Kier alpha value is -2.44. The van der Waals surface area contributed by atoms with Gasteiger partial charge < -0.3 is 10.0 Å². The quantitative estimate of drug-likeness (QED) is 0.931. The molecule has 1 unspecified atom stereocenters. The van der Waals surface area contributed by atoms with Gasteiger partial charge in [0.05, 0.1) is 22.9 Å². The molecule has 0 spiro atoms. The maximum atomic E-state index is 12.8. The van der Waals surface area contributed by atoms with Crippen LogP contribution >= 0.6 is 0 Å². The smallest absolute Gasteiger partial charge is 0.311 e. The van der Waals surface area contributed by atoms with Crippen LogP contribution in [0, 0.1) is 12.3 Å². The number of carbonyl (C=O) groups excluding carboxylic acids is 1. The first-order valence-electron chi connectivity index (χ1n) is 7.71. The van der Waals surface area contributed by atoms with E-state index in [2.05, 4.69) is 10.1 Å². The van der Waals surface area contributed by atoms with Gasteiger partial charge in [-0.3, -0.25) is 9.59 Å². The molecule has 2 aromatic heterocycles. The van der Waals surface area contributed by atoms with Gasteiger partial charge in [-0.1, -0.05) is 0 Å². The molecule has 0 bridgehead atoms. The minimum absolute atomic E-state index is 0.161. The molecule has 1 fully saturated rings. The molecule has 1 aliphatic rings. The zero-order valence-corrected chi connectivity index (χ0v) is 13.5. The lowest BCUT2D eigenvalue weighted by Crippen LogP contribution is -2.35. The molecular weight excluding hydrogens is 296 g/mol. The fraction of sp³-hybridized carbons (Fsp3) is 0.500. The second kappa shape index (κ2) is 5.33. The summed E-state index contributed by atoms with van der Waals surface area (Å²) in [4.78, 5) is 30.2. The zero-order valence-electron chi connectivity index (χ0n) is 13.5. The summed E-state index contributed by atoms with van der Waals surface area (Å²) in [7, 11) is 0. The number of carboxylic acids is 1. The number of rotatable bonds is 3. The number of hydrogen-bond donors (Lipinski definition) is 1. The molecule has 0 aliphatic carbocycles. The summed E-state index contributed by atoms with van der Waals surface area (Å²) in [6, 6.07) is 1.80. The molecule has 122 valence electrons. The fourth-order valence-corrected chi connectivity index (χ4v) is 3.02. The van der Waals surface area contributed by atoms with Crippen LogP contribution in [-0.4, -0.2) is 49.7 Å². The predicted molar refractivity (Wildman–Crippen MR) is 84.2 cm³/mol. The van der Waals surface area contributed by atoms with Gasteiger partial charge >= 0.3 is 5.97 Å². The Morgan fingerprint density at radius 2 is 2.17 bits per heavy atom. The number of pyridine rings is 1. The van der Waals surface area contributed by atoms with E-state index in [0.717, 1.165) is 11.0 Å². The van der Waals surface area contributed by atoms with Gasteiger partial charge in [0.15, 0.2) is 5.65 Å². The maximum Gasteiger partial charge on any atom is 0.311 e. The minimum atomic E-state index is -0.867. The number of fused-ring (bicyclic) bond motifs is 1. The average Bonchev–Trinajstić information content (AvgIpc) is 3.10. The molecular formula is C16H20N4O3. The molecule has 1 aliphatic heterocycles. The van der Waals surface area contributed by atoms with E-state index in [1.807, 2.05) is 6.92 Å². The fourth-order valence-electron chi connectivity index (χ4n) is 3.02. The van der Waals surface area contributed by atoms with Crippen molar-refractivity contribution in [2.45, 2.75) is 33.7 Å². The van der Waals surface area contributed by atoms with Crippen LogP contribution in [0.2, 0.25) is 0 Å². The number of carbonyl (C=O) groups is 2. The molecule has 23 heavy (non-hydrogen) atoms. The first-order chi connectivity index (χ1) is 10.9. The monoisotopic (exact) mass is 316 g/mol. The minimum Gasteiger partial charge on any atom is -0.481 e. The SMILES string of the molecule is CCn1ncc2cc(C(=O)N3CCC(C)(C(=O)O)C3)c(C)nc21. The third kappa shape index (κ3) is 2.46. The average molecular weight is 316 g/mol. The summed E-state index contributed by atoms with van der Waals surface area (Å²) in [5.41, 5.74) is 1.05. The lowest BCUT2D eigenvalue weighted by molar-refractivity contribution is -0.147. The summed E-state index contributed by atoms with van der Waals surface area (Å²) < 4.78 is 1.79. The highest BCUT2D eigenvalue weighted by atomic mass is 16.4. The highest BCUT2D eigenvalue weighted by Gasteiger charge is 2.42. The van der Waals surface area contributed by atoms with Gasteiger partial charge in [-0.05, 0) is 33.3 Å². The number of aryl methyl sites for hydroxylation is 2. The molecule has 0 saturated carbocycles. The molecule has 7 nitrogen and oxygen atoms in total. The number of carboxylic acid groups (broad SMARTS) is 1. The second-order valence-corrected chi connectivity index (χ2v) is 6.34. The lowest BCUT2D eigenvalue weighted by atomic mass is 9.90. The first kappa shape index (κ1) is 15.5. The van der Waals surface area contributed by atoms with Crippen molar-refractivity contribution in [3.8, 4) is 0 Å². The van der Waals surface area contributed by atoms with Gasteiger partial charge in [0.1, 0.15) is 0 Å². The number of likely N-dealkylation sites (tertiary alicyclic amines) is 1. The third-order valence-electron chi connectivity index (χ3n) is 4.61. The van der Waals surface area contributed by atoms with Gasteiger partial charge in [-0.15, -0.1) is 0 Å². The molecule has 0 aromatic carbocycles. The Labute approximate surface area is 133 Å². The van der Waals surface area contributed by atoms with Gasteiger partial charge in [-0.25, -0.2) is 9.67 Å². The van der Waals surface area contributed by atoms with Crippen molar-refractivity contribution in [2.24, 2.45) is 5.41 Å². The van der Waals surface area contributed by atoms with E-state index in [0.29, 0.717) is 30.8 Å². The largest absolute Gasteiger partial charge is 0.481 e. The van der Waals surface area contributed by atoms with Crippen molar-refractivity contribution < 1.29 is 14.7 Å². The van der Waals surface area contributed by atoms with Gasteiger partial charge in [0.2, 0.25) is 0 Å². The molecule has 0 radical (unpaired) electrons. The summed E-state index contributed by atoms with van der Waals surface area (Å²) >= 11 is 0. The molecule has 7 heteroatoms. The number of amides is 1. The number of hydrogen-bond acceptors (Lipinski definition) is 4. The van der Waals surface area contributed by atoms with E-state index in [1.165, 1.54) is 0 Å². The highest BCUT2D eigenvalue weighted by Crippen LogP contribution is 2.31. The summed E-state index contributed by atoms with van der Waals surface area (Å²) in [6.07, 6.45) is 2.17. The summed E-state index contributed by atoms with van der Waals surface area (Å²) in [5.74, 6) is -1.02. The number of aromatic nitrogens is 3. The summed E-state index contributed by atoms with van der Waals surface area (Å²) in [5, 5.41) is 14.4.